The molecule has 1 saturated heterocycles. The van der Waals surface area contributed by atoms with Gasteiger partial charge < -0.3 is 9.84 Å². The van der Waals surface area contributed by atoms with E-state index in [0.717, 1.165) is 25.2 Å². The quantitative estimate of drug-likeness (QED) is 0.820. The lowest BCUT2D eigenvalue weighted by Crippen LogP contribution is -2.15. The standard InChI is InChI=1S/C15H20F3NO2/c1-10(2)6-19-7-13(19)9-21-14-4-11(8-20)3-12(5-14)15(16,17)18/h3-5,10,13,20H,6-9H2,1-2H3. The van der Waals surface area contributed by atoms with E-state index < -0.39 is 18.3 Å². The Morgan fingerprint density at radius 1 is 1.33 bits per heavy atom. The lowest BCUT2D eigenvalue weighted by Gasteiger charge is -2.13. The minimum absolute atomic E-state index is 0.158. The van der Waals surface area contributed by atoms with Gasteiger partial charge in [-0.2, -0.15) is 13.2 Å². The maximum absolute atomic E-state index is 12.8. The van der Waals surface area contributed by atoms with E-state index >= 15 is 0 Å². The second-order valence-electron chi connectivity index (χ2n) is 5.83. The Morgan fingerprint density at radius 2 is 2.05 bits per heavy atom. The van der Waals surface area contributed by atoms with Crippen molar-refractivity contribution in [3.8, 4) is 5.75 Å². The van der Waals surface area contributed by atoms with E-state index in [1.54, 1.807) is 0 Å². The maximum atomic E-state index is 12.8. The average molecular weight is 303 g/mol. The van der Waals surface area contributed by atoms with E-state index in [9.17, 15) is 13.2 Å². The third-order valence-corrected chi connectivity index (χ3v) is 3.35. The molecule has 1 aromatic rings. The van der Waals surface area contributed by atoms with E-state index in [1.807, 2.05) is 0 Å². The van der Waals surface area contributed by atoms with Crippen molar-refractivity contribution in [2.45, 2.75) is 32.7 Å². The molecule has 0 bridgehead atoms. The zero-order chi connectivity index (χ0) is 15.6. The molecule has 118 valence electrons. The Kier molecular flexibility index (Phi) is 4.78. The van der Waals surface area contributed by atoms with E-state index in [0.29, 0.717) is 12.5 Å². The van der Waals surface area contributed by atoms with Crippen LogP contribution in [0.3, 0.4) is 0 Å². The first kappa shape index (κ1) is 16.1. The smallest absolute Gasteiger partial charge is 0.416 e. The Hall–Kier alpha value is -1.27. The Morgan fingerprint density at radius 3 is 2.62 bits per heavy atom. The molecule has 2 atom stereocenters. The zero-order valence-corrected chi connectivity index (χ0v) is 12.2. The molecule has 1 aliphatic rings. The Bertz CT molecular complexity index is 488. The van der Waals surface area contributed by atoms with E-state index in [1.165, 1.54) is 6.07 Å². The number of ether oxygens (including phenoxy) is 1. The number of alkyl halides is 3. The van der Waals surface area contributed by atoms with Crippen LogP contribution in [0.4, 0.5) is 13.2 Å². The van der Waals surface area contributed by atoms with Gasteiger partial charge in [-0.25, -0.2) is 0 Å². The number of hydrogen-bond donors (Lipinski definition) is 1. The number of rotatable bonds is 6. The van der Waals surface area contributed by atoms with Gasteiger partial charge in [0.2, 0.25) is 0 Å². The van der Waals surface area contributed by atoms with Gasteiger partial charge in [0.1, 0.15) is 12.4 Å². The highest BCUT2D eigenvalue weighted by molar-refractivity contribution is 5.35. The first-order valence-corrected chi connectivity index (χ1v) is 6.98. The topological polar surface area (TPSA) is 32.5 Å². The molecule has 3 nitrogen and oxygen atoms in total. The fraction of sp³-hybridized carbons (Fsp3) is 0.600. The van der Waals surface area contributed by atoms with Gasteiger partial charge in [0.25, 0.3) is 0 Å². The molecule has 0 amide bonds. The molecule has 0 spiro atoms. The van der Waals surface area contributed by atoms with Crippen LogP contribution < -0.4 is 4.74 Å². The van der Waals surface area contributed by atoms with Crippen LogP contribution in [0.15, 0.2) is 18.2 Å². The summed E-state index contributed by atoms with van der Waals surface area (Å²) in [4.78, 5) is 2.23. The van der Waals surface area contributed by atoms with Crippen LogP contribution in [0.25, 0.3) is 0 Å². The second kappa shape index (κ2) is 6.23. The molecule has 21 heavy (non-hydrogen) atoms. The second-order valence-corrected chi connectivity index (χ2v) is 5.83. The Balaban J connectivity index is 1.97. The van der Waals surface area contributed by atoms with Crippen LogP contribution >= 0.6 is 0 Å². The van der Waals surface area contributed by atoms with Gasteiger partial charge in [-0.3, -0.25) is 4.90 Å². The van der Waals surface area contributed by atoms with Gasteiger partial charge in [0.15, 0.2) is 0 Å². The molecule has 1 N–H and O–H groups in total. The molecule has 2 unspecified atom stereocenters. The highest BCUT2D eigenvalue weighted by Gasteiger charge is 2.35. The van der Waals surface area contributed by atoms with Crippen LogP contribution in [0, 0.1) is 5.92 Å². The van der Waals surface area contributed by atoms with E-state index in [4.69, 9.17) is 9.84 Å². The molecule has 2 rings (SSSR count). The normalized spacial score (nSPS) is 21.7. The van der Waals surface area contributed by atoms with Crippen molar-refractivity contribution in [3.05, 3.63) is 29.3 Å². The predicted octanol–water partition coefficient (Wildman–Crippen LogP) is 2.92. The largest absolute Gasteiger partial charge is 0.492 e. The van der Waals surface area contributed by atoms with E-state index in [2.05, 4.69) is 18.7 Å². The lowest BCUT2D eigenvalue weighted by molar-refractivity contribution is -0.137. The third kappa shape index (κ3) is 4.61. The van der Waals surface area contributed by atoms with Crippen molar-refractivity contribution < 1.29 is 23.0 Å². The van der Waals surface area contributed by atoms with Crippen LogP contribution in [-0.4, -0.2) is 35.7 Å². The number of aliphatic hydroxyl groups excluding tert-OH is 1. The maximum Gasteiger partial charge on any atom is 0.416 e. The van der Waals surface area contributed by atoms with Crippen LogP contribution in [0.2, 0.25) is 0 Å². The average Bonchev–Trinajstić information content (AvgIpc) is 3.12. The van der Waals surface area contributed by atoms with Gasteiger partial charge in [0, 0.05) is 13.1 Å². The van der Waals surface area contributed by atoms with Crippen molar-refractivity contribution in [2.75, 3.05) is 19.7 Å². The summed E-state index contributed by atoms with van der Waals surface area (Å²) in [6.07, 6.45) is -4.44. The minimum atomic E-state index is -4.44. The molecule has 6 heteroatoms. The minimum Gasteiger partial charge on any atom is -0.492 e. The van der Waals surface area contributed by atoms with Crippen LogP contribution in [0.5, 0.6) is 5.75 Å². The first-order valence-electron chi connectivity index (χ1n) is 6.98. The highest BCUT2D eigenvalue weighted by atomic mass is 19.4. The number of benzene rings is 1. The molecule has 0 saturated carbocycles. The summed E-state index contributed by atoms with van der Waals surface area (Å²) in [5.41, 5.74) is -0.589. The molecule has 1 aromatic carbocycles. The number of aliphatic hydroxyl groups is 1. The zero-order valence-electron chi connectivity index (χ0n) is 12.2. The van der Waals surface area contributed by atoms with Crippen LogP contribution in [0.1, 0.15) is 25.0 Å². The van der Waals surface area contributed by atoms with Gasteiger partial charge in [-0.15, -0.1) is 0 Å². The van der Waals surface area contributed by atoms with Crippen molar-refractivity contribution in [1.82, 2.24) is 4.90 Å². The molecule has 0 aromatic heterocycles. The van der Waals surface area contributed by atoms with Gasteiger partial charge in [-0.1, -0.05) is 13.8 Å². The summed E-state index contributed by atoms with van der Waals surface area (Å²) in [6.45, 7) is 6.07. The molecule has 0 radical (unpaired) electrons. The Labute approximate surface area is 122 Å². The van der Waals surface area contributed by atoms with Gasteiger partial charge >= 0.3 is 6.18 Å². The number of hydrogen-bond acceptors (Lipinski definition) is 3. The summed E-state index contributed by atoms with van der Waals surface area (Å²) in [5, 5.41) is 9.05. The molecule has 1 aliphatic heterocycles. The summed E-state index contributed by atoms with van der Waals surface area (Å²) < 4.78 is 43.7. The summed E-state index contributed by atoms with van der Waals surface area (Å²) >= 11 is 0. The predicted molar refractivity (Wildman–Crippen MR) is 73.1 cm³/mol. The molecule has 1 fully saturated rings. The number of nitrogens with zero attached hydrogens (tertiary/aromatic N) is 1. The fourth-order valence-corrected chi connectivity index (χ4v) is 2.27. The summed E-state index contributed by atoms with van der Waals surface area (Å²) in [7, 11) is 0. The fourth-order valence-electron chi connectivity index (χ4n) is 2.27. The molecular formula is C15H20F3NO2. The van der Waals surface area contributed by atoms with Gasteiger partial charge in [0.05, 0.1) is 18.2 Å². The first-order chi connectivity index (χ1) is 9.79. The van der Waals surface area contributed by atoms with Gasteiger partial charge in [-0.05, 0) is 29.7 Å². The number of halogens is 3. The van der Waals surface area contributed by atoms with Crippen molar-refractivity contribution >= 4 is 0 Å². The van der Waals surface area contributed by atoms with Crippen molar-refractivity contribution in [1.29, 1.82) is 0 Å². The molecule has 0 aliphatic carbocycles. The van der Waals surface area contributed by atoms with Crippen molar-refractivity contribution in [2.24, 2.45) is 5.92 Å². The molecular weight excluding hydrogens is 283 g/mol. The van der Waals surface area contributed by atoms with E-state index in [-0.39, 0.29) is 17.4 Å². The molecule has 1 heterocycles. The summed E-state index contributed by atoms with van der Waals surface area (Å²) in [5.74, 6) is 0.717. The van der Waals surface area contributed by atoms with Crippen molar-refractivity contribution in [3.63, 3.8) is 0 Å². The lowest BCUT2D eigenvalue weighted by atomic mass is 10.1. The summed E-state index contributed by atoms with van der Waals surface area (Å²) in [6, 6.07) is 3.65. The monoisotopic (exact) mass is 303 g/mol. The van der Waals surface area contributed by atoms with Crippen LogP contribution in [-0.2, 0) is 12.8 Å². The third-order valence-electron chi connectivity index (χ3n) is 3.35. The highest BCUT2D eigenvalue weighted by Crippen LogP contribution is 2.33. The SMILES string of the molecule is CC(C)CN1CC1COc1cc(CO)cc(C(F)(F)F)c1.